The molecule has 0 unspecified atom stereocenters. The molecule has 0 bridgehead atoms. The Balaban J connectivity index is 1.73. The first kappa shape index (κ1) is 34.4. The Morgan fingerprint density at radius 1 is 0.417 bits per heavy atom. The summed E-state index contributed by atoms with van der Waals surface area (Å²) in [5.74, 6) is 0. The molecule has 0 atom stereocenters. The van der Waals surface area contributed by atoms with Crippen LogP contribution in [0.25, 0.3) is 0 Å². The van der Waals surface area contributed by atoms with Crippen molar-refractivity contribution in [2.45, 2.75) is 33.4 Å². The predicted molar refractivity (Wildman–Crippen MR) is 181 cm³/mol. The Kier molecular flexibility index (Phi) is 9.55. The van der Waals surface area contributed by atoms with Gasteiger partial charge in [-0.1, -0.05) is 71.8 Å². The molecule has 0 amide bonds. The lowest BCUT2D eigenvalue weighted by atomic mass is 10.1. The zero-order chi connectivity index (χ0) is 34.7. The first-order chi connectivity index (χ1) is 22.6. The van der Waals surface area contributed by atoms with Crippen LogP contribution in [-0.2, 0) is 40.1 Å². The van der Waals surface area contributed by atoms with E-state index in [-0.39, 0.29) is 19.6 Å². The van der Waals surface area contributed by atoms with Gasteiger partial charge < -0.3 is 0 Å². The smallest absolute Gasteiger partial charge is 0.277 e. The van der Waals surface area contributed by atoms with Crippen molar-refractivity contribution in [3.8, 4) is 0 Å². The Morgan fingerprint density at radius 3 is 1.04 bits per heavy atom. The molecule has 4 aromatic carbocycles. The third kappa shape index (κ3) is 7.96. The molecule has 248 valence electrons. The average Bonchev–Trinajstić information content (AvgIpc) is 3.04. The quantitative estimate of drug-likeness (QED) is 0.230. The summed E-state index contributed by atoms with van der Waals surface area (Å²) in [7, 11) is -17.8. The van der Waals surface area contributed by atoms with Crippen molar-refractivity contribution in [2.75, 3.05) is 0 Å². The minimum atomic E-state index is -4.51. The third-order valence-corrected chi connectivity index (χ3v) is 12.2. The molecule has 16 heteroatoms. The monoisotopic (exact) mass is 724 g/mol. The molecule has 0 saturated carbocycles. The molecule has 5 rings (SSSR count). The molecule has 0 heterocycles. The van der Waals surface area contributed by atoms with Gasteiger partial charge in [0.2, 0.25) is 0 Å². The Labute approximate surface area is 279 Å². The van der Waals surface area contributed by atoms with E-state index in [1.807, 2.05) is 0 Å². The Bertz CT molecular complexity index is 2250. The van der Waals surface area contributed by atoms with Crippen LogP contribution in [0, 0.1) is 13.8 Å². The lowest BCUT2D eigenvalue weighted by molar-refractivity contribution is 0.583. The van der Waals surface area contributed by atoms with Crippen molar-refractivity contribution in [1.29, 1.82) is 0 Å². The number of nitrogens with zero attached hydrogens (tertiary/aromatic N) is 2. The standard InChI is InChI=1S/C32H28N4O8S4/c1-23-13-17-27(18-14-23)47(41,42)35-31-21-29(33-45(37,38)25-9-5-3-6-10-25)30(34-46(39,40)26-11-7-4-8-12-26)22-32(31)36-48(43,44)28-19-15-24(2)16-20-28/h3-22,35-36H,1-2H3/b33-29+,34-30?. The first-order valence-corrected chi connectivity index (χ1v) is 19.8. The lowest BCUT2D eigenvalue weighted by Crippen LogP contribution is -2.35. The molecule has 2 N–H and O–H groups in total. The second-order valence-corrected chi connectivity index (χ2v) is 17.1. The average molecular weight is 725 g/mol. The van der Waals surface area contributed by atoms with Crippen LogP contribution >= 0.6 is 0 Å². The molecule has 1 aliphatic rings. The molecule has 4 aromatic rings. The van der Waals surface area contributed by atoms with Gasteiger partial charge in [0, 0.05) is 0 Å². The van der Waals surface area contributed by atoms with Crippen LogP contribution in [0.5, 0.6) is 0 Å². The molecule has 1 aliphatic carbocycles. The molecule has 0 aromatic heterocycles. The van der Waals surface area contributed by atoms with Crippen LogP contribution in [0.15, 0.2) is 161 Å². The summed E-state index contributed by atoms with van der Waals surface area (Å²) in [5.41, 5.74) is -0.526. The highest BCUT2D eigenvalue weighted by atomic mass is 32.2. The second kappa shape index (κ2) is 13.3. The summed E-state index contributed by atoms with van der Waals surface area (Å²) in [5, 5.41) is 0. The lowest BCUT2D eigenvalue weighted by Gasteiger charge is -2.21. The van der Waals surface area contributed by atoms with E-state index in [4.69, 9.17) is 0 Å². The number of hydrogen-bond acceptors (Lipinski definition) is 8. The molecule has 0 fully saturated rings. The van der Waals surface area contributed by atoms with Crippen molar-refractivity contribution in [1.82, 2.24) is 9.44 Å². The van der Waals surface area contributed by atoms with Crippen LogP contribution < -0.4 is 9.44 Å². The predicted octanol–water partition coefficient (Wildman–Crippen LogP) is 4.00. The van der Waals surface area contributed by atoms with E-state index in [0.717, 1.165) is 23.3 Å². The summed E-state index contributed by atoms with van der Waals surface area (Å²) in [6.45, 7) is 3.52. The van der Waals surface area contributed by atoms with Crippen LogP contribution in [0.2, 0.25) is 0 Å². The fourth-order valence-electron chi connectivity index (χ4n) is 4.28. The molecule has 48 heavy (non-hydrogen) atoms. The molecule has 0 spiro atoms. The van der Waals surface area contributed by atoms with Gasteiger partial charge >= 0.3 is 0 Å². The number of allylic oxidation sites excluding steroid dienone is 2. The maximum Gasteiger partial charge on any atom is 0.282 e. The zero-order valence-corrected chi connectivity index (χ0v) is 28.6. The molecule has 0 saturated heterocycles. The number of benzene rings is 4. The van der Waals surface area contributed by atoms with Gasteiger partial charge in [-0.25, -0.2) is 16.8 Å². The SMILES string of the molecule is Cc1ccc(S(=O)(=O)NC2=CC(=NS(=O)(=O)c3ccccc3)/C(=N/S(=O)(=O)c3ccccc3)C=C2NS(=O)(=O)c2ccc(C)cc2)cc1. The number of rotatable bonds is 10. The van der Waals surface area contributed by atoms with E-state index in [9.17, 15) is 33.7 Å². The van der Waals surface area contributed by atoms with Crippen molar-refractivity contribution < 1.29 is 33.7 Å². The summed E-state index contributed by atoms with van der Waals surface area (Å²) in [6, 6.07) is 25.6. The van der Waals surface area contributed by atoms with Crippen molar-refractivity contribution >= 4 is 51.5 Å². The molecular formula is C32H28N4O8S4. The summed E-state index contributed by atoms with van der Waals surface area (Å²) >= 11 is 0. The van der Waals surface area contributed by atoms with E-state index >= 15 is 0 Å². The van der Waals surface area contributed by atoms with Gasteiger partial charge in [-0.15, -0.1) is 0 Å². The minimum Gasteiger partial charge on any atom is -0.277 e. The fraction of sp³-hybridized carbons (Fsp3) is 0.0625. The number of sulfonamides is 4. The molecular weight excluding hydrogens is 697 g/mol. The van der Waals surface area contributed by atoms with Gasteiger partial charge in [0.05, 0.1) is 31.0 Å². The summed E-state index contributed by atoms with van der Waals surface area (Å²) in [6.07, 6.45) is 1.80. The van der Waals surface area contributed by atoms with Crippen LogP contribution in [0.3, 0.4) is 0 Å². The van der Waals surface area contributed by atoms with Crippen LogP contribution in [-0.4, -0.2) is 45.1 Å². The maximum absolute atomic E-state index is 13.5. The number of hydrogen-bond donors (Lipinski definition) is 2. The highest BCUT2D eigenvalue weighted by molar-refractivity contribution is 7.91. The topological polar surface area (TPSA) is 185 Å². The van der Waals surface area contributed by atoms with Gasteiger partial charge in [0.25, 0.3) is 40.1 Å². The Hall–Kier alpha value is -4.90. The largest absolute Gasteiger partial charge is 0.282 e. The van der Waals surface area contributed by atoms with Crippen LogP contribution in [0.4, 0.5) is 0 Å². The first-order valence-electron chi connectivity index (χ1n) is 14.0. The molecule has 0 aliphatic heterocycles. The minimum absolute atomic E-state index is 0.184. The third-order valence-electron chi connectivity index (χ3n) is 6.79. The maximum atomic E-state index is 13.5. The van der Waals surface area contributed by atoms with E-state index < -0.39 is 62.9 Å². The van der Waals surface area contributed by atoms with E-state index in [0.29, 0.717) is 0 Å². The fourth-order valence-corrected chi connectivity index (χ4v) is 8.45. The normalized spacial score (nSPS) is 15.9. The number of aryl methyl sites for hydroxylation is 2. The molecule has 12 nitrogen and oxygen atoms in total. The number of nitrogens with one attached hydrogen (secondary N) is 2. The van der Waals surface area contributed by atoms with Crippen LogP contribution in [0.1, 0.15) is 11.1 Å². The van der Waals surface area contributed by atoms with Gasteiger partial charge in [-0.2, -0.15) is 25.6 Å². The van der Waals surface area contributed by atoms with Gasteiger partial charge in [-0.3, -0.25) is 9.44 Å². The van der Waals surface area contributed by atoms with Crippen molar-refractivity contribution in [3.63, 3.8) is 0 Å². The van der Waals surface area contributed by atoms with E-state index in [2.05, 4.69) is 18.2 Å². The second-order valence-electron chi connectivity index (χ2n) is 10.5. The van der Waals surface area contributed by atoms with Gasteiger partial charge in [0.15, 0.2) is 0 Å². The summed E-state index contributed by atoms with van der Waals surface area (Å²) < 4.78 is 120. The highest BCUT2D eigenvalue weighted by Crippen LogP contribution is 2.23. The summed E-state index contributed by atoms with van der Waals surface area (Å²) in [4.78, 5) is -0.854. The van der Waals surface area contributed by atoms with Gasteiger partial charge in [0.1, 0.15) is 11.4 Å². The van der Waals surface area contributed by atoms with Gasteiger partial charge in [-0.05, 0) is 74.5 Å². The van der Waals surface area contributed by atoms with Crippen molar-refractivity contribution in [2.24, 2.45) is 8.80 Å². The van der Waals surface area contributed by atoms with Crippen molar-refractivity contribution in [3.05, 3.63) is 144 Å². The zero-order valence-electron chi connectivity index (χ0n) is 25.3. The molecule has 0 radical (unpaired) electrons. The van der Waals surface area contributed by atoms with E-state index in [1.54, 1.807) is 50.2 Å². The van der Waals surface area contributed by atoms with E-state index in [1.165, 1.54) is 72.8 Å². The Morgan fingerprint density at radius 2 is 0.729 bits per heavy atom. The highest BCUT2D eigenvalue weighted by Gasteiger charge is 2.29.